The molecule has 15 heavy (non-hydrogen) atoms. The van der Waals surface area contributed by atoms with Crippen LogP contribution in [0, 0.1) is 0 Å². The molecule has 0 saturated carbocycles. The van der Waals surface area contributed by atoms with Crippen molar-refractivity contribution >= 4 is 11.8 Å². The van der Waals surface area contributed by atoms with Crippen LogP contribution in [0.2, 0.25) is 0 Å². The van der Waals surface area contributed by atoms with E-state index < -0.39 is 12.0 Å². The van der Waals surface area contributed by atoms with E-state index in [4.69, 9.17) is 10.6 Å². The van der Waals surface area contributed by atoms with Gasteiger partial charge in [-0.2, -0.15) is 0 Å². The van der Waals surface area contributed by atoms with E-state index in [0.717, 1.165) is 12.8 Å². The SMILES string of the molecule is CC(=O)CCCCC[C@H](N=[N+]=[N-])C(=O)O. The maximum absolute atomic E-state index is 10.6. The van der Waals surface area contributed by atoms with E-state index in [1.807, 2.05) is 0 Å². The van der Waals surface area contributed by atoms with E-state index in [1.165, 1.54) is 6.92 Å². The third kappa shape index (κ3) is 7.52. The average Bonchev–Trinajstić information content (AvgIpc) is 2.15. The molecule has 1 atom stereocenters. The first-order chi connectivity index (χ1) is 7.07. The third-order valence-electron chi connectivity index (χ3n) is 1.98. The van der Waals surface area contributed by atoms with Gasteiger partial charge >= 0.3 is 5.97 Å². The number of carboxylic acid groups (broad SMARTS) is 1. The fourth-order valence-corrected chi connectivity index (χ4v) is 1.18. The van der Waals surface area contributed by atoms with E-state index in [-0.39, 0.29) is 5.78 Å². The van der Waals surface area contributed by atoms with Crippen molar-refractivity contribution in [2.75, 3.05) is 0 Å². The molecule has 0 aliphatic heterocycles. The molecular formula is C9H15N3O3. The number of carbonyl (C=O) groups is 2. The number of hydrogen-bond acceptors (Lipinski definition) is 3. The third-order valence-corrected chi connectivity index (χ3v) is 1.98. The zero-order valence-electron chi connectivity index (χ0n) is 8.72. The molecule has 0 fully saturated rings. The summed E-state index contributed by atoms with van der Waals surface area (Å²) in [5.41, 5.74) is 8.11. The fraction of sp³-hybridized carbons (Fsp3) is 0.778. The van der Waals surface area contributed by atoms with Gasteiger partial charge in [-0.25, -0.2) is 0 Å². The van der Waals surface area contributed by atoms with Gasteiger partial charge in [0.05, 0.1) is 0 Å². The molecule has 0 heterocycles. The van der Waals surface area contributed by atoms with Crippen LogP contribution in [-0.2, 0) is 9.59 Å². The van der Waals surface area contributed by atoms with Gasteiger partial charge in [0.25, 0.3) is 0 Å². The lowest BCUT2D eigenvalue weighted by atomic mass is 10.1. The summed E-state index contributed by atoms with van der Waals surface area (Å²) in [6.07, 6.45) is 3.06. The lowest BCUT2D eigenvalue weighted by molar-refractivity contribution is -0.138. The van der Waals surface area contributed by atoms with E-state index in [0.29, 0.717) is 19.3 Å². The highest BCUT2D eigenvalue weighted by Crippen LogP contribution is 2.09. The monoisotopic (exact) mass is 213 g/mol. The van der Waals surface area contributed by atoms with Crippen molar-refractivity contribution in [2.45, 2.75) is 45.1 Å². The summed E-state index contributed by atoms with van der Waals surface area (Å²) in [5.74, 6) is -0.959. The van der Waals surface area contributed by atoms with Crippen molar-refractivity contribution in [3.63, 3.8) is 0 Å². The number of Topliss-reactive ketones (excluding diaryl/α,β-unsaturated/α-hetero) is 1. The molecule has 0 spiro atoms. The summed E-state index contributed by atoms with van der Waals surface area (Å²) < 4.78 is 0. The first-order valence-electron chi connectivity index (χ1n) is 4.84. The van der Waals surface area contributed by atoms with Gasteiger partial charge in [0.2, 0.25) is 0 Å². The van der Waals surface area contributed by atoms with Crippen molar-refractivity contribution in [3.8, 4) is 0 Å². The summed E-state index contributed by atoms with van der Waals surface area (Å²) in [5, 5.41) is 11.8. The van der Waals surface area contributed by atoms with Crippen LogP contribution >= 0.6 is 0 Å². The van der Waals surface area contributed by atoms with Crippen LogP contribution in [0.1, 0.15) is 39.0 Å². The largest absolute Gasteiger partial charge is 0.481 e. The maximum atomic E-state index is 10.6. The van der Waals surface area contributed by atoms with E-state index in [2.05, 4.69) is 10.0 Å². The zero-order valence-corrected chi connectivity index (χ0v) is 8.72. The number of azide groups is 1. The van der Waals surface area contributed by atoms with Crippen LogP contribution < -0.4 is 0 Å². The molecule has 0 aromatic heterocycles. The minimum Gasteiger partial charge on any atom is -0.481 e. The van der Waals surface area contributed by atoms with Gasteiger partial charge in [0, 0.05) is 11.3 Å². The summed E-state index contributed by atoms with van der Waals surface area (Å²) in [4.78, 5) is 23.6. The molecular weight excluding hydrogens is 198 g/mol. The summed E-state index contributed by atoms with van der Waals surface area (Å²) in [7, 11) is 0. The maximum Gasteiger partial charge on any atom is 0.312 e. The van der Waals surface area contributed by atoms with Gasteiger partial charge in [-0.1, -0.05) is 18.0 Å². The lowest BCUT2D eigenvalue weighted by Gasteiger charge is -2.04. The number of carbonyl (C=O) groups excluding carboxylic acids is 1. The second-order valence-corrected chi connectivity index (χ2v) is 3.36. The highest BCUT2D eigenvalue weighted by Gasteiger charge is 2.14. The van der Waals surface area contributed by atoms with Crippen molar-refractivity contribution in [3.05, 3.63) is 10.4 Å². The van der Waals surface area contributed by atoms with Crippen LogP contribution in [0.5, 0.6) is 0 Å². The molecule has 0 aromatic carbocycles. The van der Waals surface area contributed by atoms with E-state index in [9.17, 15) is 9.59 Å². The number of unbranched alkanes of at least 4 members (excludes halogenated alkanes) is 2. The standard InChI is InChI=1S/C9H15N3O3/c1-7(13)5-3-2-4-6-8(9(14)15)11-12-10/h8H,2-6H2,1H3,(H,14,15)/t8-/m0/s1. The number of ketones is 1. The molecule has 1 N–H and O–H groups in total. The Labute approximate surface area is 87.9 Å². The predicted molar refractivity (Wildman–Crippen MR) is 54.3 cm³/mol. The van der Waals surface area contributed by atoms with Crippen LogP contribution in [0.4, 0.5) is 0 Å². The Morgan fingerprint density at radius 3 is 2.53 bits per heavy atom. The van der Waals surface area contributed by atoms with E-state index >= 15 is 0 Å². The fourth-order valence-electron chi connectivity index (χ4n) is 1.18. The minimum atomic E-state index is -1.10. The Morgan fingerprint density at radius 1 is 1.40 bits per heavy atom. The second kappa shape index (κ2) is 7.82. The summed E-state index contributed by atoms with van der Waals surface area (Å²) in [6.45, 7) is 1.53. The van der Waals surface area contributed by atoms with Crippen molar-refractivity contribution in [1.82, 2.24) is 0 Å². The number of hydrogen-bond donors (Lipinski definition) is 1. The van der Waals surface area contributed by atoms with Crippen molar-refractivity contribution < 1.29 is 14.7 Å². The predicted octanol–water partition coefficient (Wildman–Crippen LogP) is 2.29. The normalized spacial score (nSPS) is 11.5. The molecule has 0 rings (SSSR count). The molecule has 0 saturated heterocycles. The molecule has 0 radical (unpaired) electrons. The molecule has 0 unspecified atom stereocenters. The number of carboxylic acids is 1. The van der Waals surface area contributed by atoms with Gasteiger partial charge in [0.15, 0.2) is 0 Å². The van der Waals surface area contributed by atoms with Crippen molar-refractivity contribution in [1.29, 1.82) is 0 Å². The molecule has 0 bridgehead atoms. The Kier molecular flexibility index (Phi) is 7.01. The lowest BCUT2D eigenvalue weighted by Crippen LogP contribution is -2.16. The molecule has 0 aromatic rings. The van der Waals surface area contributed by atoms with Crippen LogP contribution in [0.25, 0.3) is 10.4 Å². The molecule has 6 heteroatoms. The van der Waals surface area contributed by atoms with E-state index in [1.54, 1.807) is 0 Å². The second-order valence-electron chi connectivity index (χ2n) is 3.36. The van der Waals surface area contributed by atoms with Crippen LogP contribution in [0.15, 0.2) is 5.11 Å². The van der Waals surface area contributed by atoms with Gasteiger partial charge in [-0.15, -0.1) is 0 Å². The summed E-state index contributed by atoms with van der Waals surface area (Å²) in [6, 6.07) is -0.979. The van der Waals surface area contributed by atoms with Crippen LogP contribution in [0.3, 0.4) is 0 Å². The first kappa shape index (κ1) is 13.4. The quantitative estimate of drug-likeness (QED) is 0.289. The molecule has 0 aliphatic carbocycles. The number of aliphatic carboxylic acids is 1. The van der Waals surface area contributed by atoms with Gasteiger partial charge in [0.1, 0.15) is 11.8 Å². The molecule has 84 valence electrons. The number of nitrogens with zero attached hydrogens (tertiary/aromatic N) is 3. The van der Waals surface area contributed by atoms with Crippen molar-refractivity contribution in [2.24, 2.45) is 5.11 Å². The zero-order chi connectivity index (χ0) is 11.7. The van der Waals surface area contributed by atoms with Crippen LogP contribution in [-0.4, -0.2) is 22.9 Å². The van der Waals surface area contributed by atoms with Gasteiger partial charge < -0.3 is 9.90 Å². The Balaban J connectivity index is 3.67. The Morgan fingerprint density at radius 2 is 2.07 bits per heavy atom. The van der Waals surface area contributed by atoms with Gasteiger partial charge in [-0.05, 0) is 25.3 Å². The Hall–Kier alpha value is -1.55. The molecule has 0 aliphatic rings. The first-order valence-corrected chi connectivity index (χ1v) is 4.84. The Bertz CT molecular complexity index is 270. The highest BCUT2D eigenvalue weighted by molar-refractivity contribution is 5.75. The minimum absolute atomic E-state index is 0.139. The molecule has 6 nitrogen and oxygen atoms in total. The molecule has 0 amide bonds. The number of rotatable bonds is 8. The highest BCUT2D eigenvalue weighted by atomic mass is 16.4. The smallest absolute Gasteiger partial charge is 0.312 e. The van der Waals surface area contributed by atoms with Gasteiger partial charge in [-0.3, -0.25) is 4.79 Å². The average molecular weight is 213 g/mol. The topological polar surface area (TPSA) is 103 Å². The summed E-state index contributed by atoms with van der Waals surface area (Å²) >= 11 is 0.